The number of amides is 3. The van der Waals surface area contributed by atoms with Gasteiger partial charge in [0.15, 0.2) is 0 Å². The van der Waals surface area contributed by atoms with Gasteiger partial charge in [0.2, 0.25) is 5.91 Å². The number of hydrogen-bond acceptors (Lipinski definition) is 7. The summed E-state index contributed by atoms with van der Waals surface area (Å²) in [5, 5.41) is 13.1. The number of carbonyl (C=O) groups excluding carboxylic acids is 3. The van der Waals surface area contributed by atoms with Crippen LogP contribution in [0.25, 0.3) is 0 Å². The molecular weight excluding hydrogens is 572 g/mol. The molecule has 1 aliphatic rings. The van der Waals surface area contributed by atoms with Crippen LogP contribution in [0.5, 0.6) is 5.75 Å². The predicted octanol–water partition coefficient (Wildman–Crippen LogP) is 4.53. The van der Waals surface area contributed by atoms with Crippen molar-refractivity contribution >= 4 is 23.4 Å². The van der Waals surface area contributed by atoms with Gasteiger partial charge in [0, 0.05) is 50.3 Å². The van der Waals surface area contributed by atoms with Crippen LogP contribution in [0.4, 0.5) is 5.69 Å². The minimum Gasteiger partial charge on any atom is -0.490 e. The summed E-state index contributed by atoms with van der Waals surface area (Å²) in [6.07, 6.45) is 3.06. The lowest BCUT2D eigenvalue weighted by Gasteiger charge is -2.36. The van der Waals surface area contributed by atoms with E-state index in [0.29, 0.717) is 42.1 Å². The summed E-state index contributed by atoms with van der Waals surface area (Å²) in [7, 11) is 5.70. The van der Waals surface area contributed by atoms with E-state index in [0.717, 1.165) is 32.2 Å². The van der Waals surface area contributed by atoms with E-state index in [4.69, 9.17) is 9.47 Å². The first-order chi connectivity index (χ1) is 21.5. The molecule has 0 fully saturated rings. The van der Waals surface area contributed by atoms with E-state index in [1.807, 2.05) is 51.0 Å². The van der Waals surface area contributed by atoms with Crippen LogP contribution < -0.4 is 10.1 Å². The molecule has 0 aromatic heterocycles. The Labute approximate surface area is 268 Å². The fraction of sp³-hybridized carbons (Fsp3) is 0.571. The maximum absolute atomic E-state index is 14.3. The first-order valence-electron chi connectivity index (χ1n) is 16.1. The number of nitrogens with zero attached hydrogens (tertiary/aromatic N) is 3. The van der Waals surface area contributed by atoms with Crippen LogP contribution in [0.2, 0.25) is 0 Å². The van der Waals surface area contributed by atoms with Gasteiger partial charge in [-0.05, 0) is 90.5 Å². The third-order valence-electron chi connectivity index (χ3n) is 8.17. The first kappa shape index (κ1) is 36.0. The topological polar surface area (TPSA) is 112 Å². The first-order valence-corrected chi connectivity index (χ1v) is 16.1. The van der Waals surface area contributed by atoms with Gasteiger partial charge in [0.05, 0.1) is 30.4 Å². The fourth-order valence-corrected chi connectivity index (χ4v) is 5.40. The molecule has 0 unspecified atom stereocenters. The number of fused-ring (bicyclic) bond motifs is 1. The van der Waals surface area contributed by atoms with Crippen molar-refractivity contribution in [1.82, 2.24) is 14.7 Å². The molecule has 0 aliphatic carbocycles. The number of likely N-dealkylation sites (N-methyl/N-ethyl adjacent to an activating group) is 1. The Bertz CT molecular complexity index is 1240. The van der Waals surface area contributed by atoms with Crippen molar-refractivity contribution in [2.24, 2.45) is 5.92 Å². The highest BCUT2D eigenvalue weighted by Gasteiger charge is 2.31. The normalized spacial score (nSPS) is 20.5. The summed E-state index contributed by atoms with van der Waals surface area (Å²) in [6, 6.07) is 13.8. The molecule has 1 aliphatic heterocycles. The molecule has 10 heteroatoms. The van der Waals surface area contributed by atoms with Gasteiger partial charge in [-0.25, -0.2) is 0 Å². The van der Waals surface area contributed by atoms with Gasteiger partial charge in [-0.3, -0.25) is 14.4 Å². The van der Waals surface area contributed by atoms with E-state index < -0.39 is 6.04 Å². The average Bonchev–Trinajstić information content (AvgIpc) is 3.02. The minimum atomic E-state index is -0.494. The van der Waals surface area contributed by atoms with Gasteiger partial charge in [-0.2, -0.15) is 0 Å². The number of rotatable bonds is 10. The van der Waals surface area contributed by atoms with Crippen LogP contribution in [-0.4, -0.2) is 110 Å². The number of ether oxygens (including phenoxy) is 2. The van der Waals surface area contributed by atoms with Gasteiger partial charge < -0.3 is 34.6 Å². The molecule has 2 aromatic carbocycles. The van der Waals surface area contributed by atoms with Crippen LogP contribution in [0, 0.1) is 5.92 Å². The molecule has 10 nitrogen and oxygen atoms in total. The van der Waals surface area contributed by atoms with Crippen LogP contribution >= 0.6 is 0 Å². The lowest BCUT2D eigenvalue weighted by Crippen LogP contribution is -2.48. The number of benzene rings is 2. The molecule has 2 N–H and O–H groups in total. The molecule has 0 saturated carbocycles. The van der Waals surface area contributed by atoms with E-state index in [2.05, 4.69) is 5.32 Å². The Hall–Kier alpha value is -3.47. The van der Waals surface area contributed by atoms with Crippen molar-refractivity contribution in [2.45, 2.75) is 71.1 Å². The number of aliphatic hydroxyl groups is 1. The molecule has 4 atom stereocenters. The van der Waals surface area contributed by atoms with Crippen LogP contribution in [0.1, 0.15) is 73.6 Å². The largest absolute Gasteiger partial charge is 0.490 e. The Morgan fingerprint density at radius 2 is 1.82 bits per heavy atom. The summed E-state index contributed by atoms with van der Waals surface area (Å²) >= 11 is 0. The summed E-state index contributed by atoms with van der Waals surface area (Å²) in [5.74, 6) is -0.251. The highest BCUT2D eigenvalue weighted by molar-refractivity contribution is 5.99. The highest BCUT2D eigenvalue weighted by Crippen LogP contribution is 2.28. The van der Waals surface area contributed by atoms with Crippen molar-refractivity contribution in [1.29, 1.82) is 0 Å². The quantitative estimate of drug-likeness (QED) is 0.400. The summed E-state index contributed by atoms with van der Waals surface area (Å²) in [5.41, 5.74) is 1.44. The number of nitrogens with one attached hydrogen (secondary N) is 1. The predicted molar refractivity (Wildman–Crippen MR) is 177 cm³/mol. The van der Waals surface area contributed by atoms with Crippen molar-refractivity contribution in [2.75, 3.05) is 59.3 Å². The number of aliphatic hydroxyl groups excluding tert-OH is 1. The van der Waals surface area contributed by atoms with Gasteiger partial charge in [-0.15, -0.1) is 0 Å². The van der Waals surface area contributed by atoms with Gasteiger partial charge in [0.25, 0.3) is 11.8 Å². The fourth-order valence-electron chi connectivity index (χ4n) is 5.40. The minimum absolute atomic E-state index is 0.0985. The second-order valence-electron chi connectivity index (χ2n) is 12.5. The summed E-state index contributed by atoms with van der Waals surface area (Å²) < 4.78 is 12.7. The Morgan fingerprint density at radius 3 is 2.51 bits per heavy atom. The lowest BCUT2D eigenvalue weighted by atomic mass is 10.0. The van der Waals surface area contributed by atoms with E-state index in [9.17, 15) is 19.5 Å². The monoisotopic (exact) mass is 624 g/mol. The van der Waals surface area contributed by atoms with E-state index in [1.54, 1.807) is 54.1 Å². The second-order valence-corrected chi connectivity index (χ2v) is 12.5. The van der Waals surface area contributed by atoms with E-state index in [-0.39, 0.29) is 49.0 Å². The van der Waals surface area contributed by atoms with Crippen molar-refractivity contribution in [3.63, 3.8) is 0 Å². The molecule has 0 spiro atoms. The average molecular weight is 625 g/mol. The molecule has 248 valence electrons. The van der Waals surface area contributed by atoms with Crippen LogP contribution in [-0.2, 0) is 9.53 Å². The third-order valence-corrected chi connectivity index (χ3v) is 8.17. The van der Waals surface area contributed by atoms with Gasteiger partial charge in [-0.1, -0.05) is 25.1 Å². The maximum Gasteiger partial charge on any atom is 0.258 e. The number of carbonyl (C=O) groups is 3. The van der Waals surface area contributed by atoms with Crippen molar-refractivity contribution < 1.29 is 29.0 Å². The van der Waals surface area contributed by atoms with Crippen molar-refractivity contribution in [3.05, 3.63) is 59.7 Å². The third kappa shape index (κ3) is 11.1. The molecule has 45 heavy (non-hydrogen) atoms. The summed E-state index contributed by atoms with van der Waals surface area (Å²) in [6.45, 7) is 7.51. The molecule has 3 rings (SSSR count). The number of hydrogen-bond donors (Lipinski definition) is 2. The summed E-state index contributed by atoms with van der Waals surface area (Å²) in [4.78, 5) is 45.4. The molecule has 1 heterocycles. The van der Waals surface area contributed by atoms with Crippen molar-refractivity contribution in [3.8, 4) is 5.75 Å². The second kappa shape index (κ2) is 17.9. The highest BCUT2D eigenvalue weighted by atomic mass is 16.5. The van der Waals surface area contributed by atoms with Crippen LogP contribution in [0.3, 0.4) is 0 Å². The SMILES string of the molecule is C[C@@H]1CCCCO[C@@H](CN(C)C(=O)c2ccccc2)[C@@H](C)CN([C@H](C)CO)C(=O)c2cc(NC(=O)CCCN(C)C)ccc2O1. The Kier molecular flexibility index (Phi) is 14.3. The van der Waals surface area contributed by atoms with Gasteiger partial charge in [0.1, 0.15) is 5.75 Å². The molecule has 2 aromatic rings. The molecule has 0 saturated heterocycles. The van der Waals surface area contributed by atoms with E-state index in [1.165, 1.54) is 0 Å². The molecule has 0 radical (unpaired) electrons. The van der Waals surface area contributed by atoms with Gasteiger partial charge >= 0.3 is 0 Å². The van der Waals surface area contributed by atoms with Crippen LogP contribution in [0.15, 0.2) is 48.5 Å². The van der Waals surface area contributed by atoms with E-state index >= 15 is 0 Å². The standard InChI is InChI=1S/C35H52N4O6/c1-25-22-39(26(2)24-40)35(43)30-21-29(36-33(41)16-12-19-37(4)5)17-18-31(30)45-27(3)13-10-11-20-44-32(25)23-38(6)34(42)28-14-8-7-9-15-28/h7-9,14-15,17-18,21,25-27,32,40H,10-13,16,19-20,22-24H2,1-6H3,(H,36,41)/t25-,26+,27+,32-/m0/s1. The Morgan fingerprint density at radius 1 is 1.09 bits per heavy atom. The smallest absolute Gasteiger partial charge is 0.258 e. The number of anilines is 1. The Balaban J connectivity index is 1.89. The lowest BCUT2D eigenvalue weighted by molar-refractivity contribution is -0.116. The maximum atomic E-state index is 14.3. The zero-order valence-electron chi connectivity index (χ0n) is 27.8. The zero-order valence-corrected chi connectivity index (χ0v) is 27.8. The molecular formula is C35H52N4O6. The zero-order chi connectivity index (χ0) is 32.9. The molecule has 0 bridgehead atoms. The molecule has 3 amide bonds.